The van der Waals surface area contributed by atoms with Crippen molar-refractivity contribution in [3.63, 3.8) is 0 Å². The highest BCUT2D eigenvalue weighted by Gasteiger charge is 2.28. The molecule has 3 rings (SSSR count). The third-order valence-electron chi connectivity index (χ3n) is 6.11. The topological polar surface area (TPSA) is 49.4 Å². The highest BCUT2D eigenvalue weighted by atomic mass is 35.5. The van der Waals surface area contributed by atoms with Gasteiger partial charge in [-0.3, -0.25) is 9.59 Å². The van der Waals surface area contributed by atoms with Gasteiger partial charge < -0.3 is 10.2 Å². The van der Waals surface area contributed by atoms with E-state index in [2.05, 4.69) is 24.4 Å². The van der Waals surface area contributed by atoms with E-state index in [1.165, 1.54) is 17.5 Å². The molecule has 172 valence electrons. The lowest BCUT2D eigenvalue weighted by Crippen LogP contribution is -2.50. The minimum absolute atomic E-state index is 0.0325. The first kappa shape index (κ1) is 24.7. The van der Waals surface area contributed by atoms with Gasteiger partial charge in [-0.05, 0) is 55.5 Å². The summed E-state index contributed by atoms with van der Waals surface area (Å²) in [6, 6.07) is 15.4. The molecule has 0 heterocycles. The minimum atomic E-state index is -0.539. The smallest absolute Gasteiger partial charge is 0.242 e. The Morgan fingerprint density at radius 3 is 2.59 bits per heavy atom. The molecule has 1 aliphatic carbocycles. The molecule has 0 aliphatic heterocycles. The molecule has 2 aromatic rings. The summed E-state index contributed by atoms with van der Waals surface area (Å²) in [6.07, 6.45) is 5.58. The Morgan fingerprint density at radius 2 is 1.88 bits per heavy atom. The maximum atomic E-state index is 13.2. The largest absolute Gasteiger partial charge is 0.352 e. The lowest BCUT2D eigenvalue weighted by molar-refractivity contribution is -0.139. The number of rotatable bonds is 9. The Bertz CT molecular complexity index is 914. The summed E-state index contributed by atoms with van der Waals surface area (Å²) in [5, 5.41) is 3.80. The molecule has 1 fully saturated rings. The molecular formula is C26H33ClN2O2S. The van der Waals surface area contributed by atoms with E-state index in [1.807, 2.05) is 43.3 Å². The fraction of sp³-hybridized carbons (Fsp3) is 0.462. The van der Waals surface area contributed by atoms with Crippen molar-refractivity contribution in [1.29, 1.82) is 0 Å². The number of carbonyl (C=O) groups is 2. The zero-order valence-electron chi connectivity index (χ0n) is 19.0. The molecule has 0 aromatic heterocycles. The van der Waals surface area contributed by atoms with Crippen LogP contribution in [0.15, 0.2) is 48.5 Å². The van der Waals surface area contributed by atoms with Crippen LogP contribution in [0.1, 0.15) is 55.7 Å². The van der Waals surface area contributed by atoms with Gasteiger partial charge in [-0.2, -0.15) is 0 Å². The number of nitrogens with zero attached hydrogens (tertiary/aromatic N) is 1. The average Bonchev–Trinajstić information content (AvgIpc) is 2.79. The Labute approximate surface area is 201 Å². The Hall–Kier alpha value is -1.98. The van der Waals surface area contributed by atoms with E-state index in [4.69, 9.17) is 11.6 Å². The van der Waals surface area contributed by atoms with E-state index >= 15 is 0 Å². The quantitative estimate of drug-likeness (QED) is 0.505. The second kappa shape index (κ2) is 12.3. The van der Waals surface area contributed by atoms with E-state index in [0.717, 1.165) is 37.0 Å². The molecule has 1 N–H and O–H groups in total. The third kappa shape index (κ3) is 7.28. The van der Waals surface area contributed by atoms with Crippen molar-refractivity contribution in [3.8, 4) is 0 Å². The van der Waals surface area contributed by atoms with E-state index in [-0.39, 0.29) is 17.9 Å². The summed E-state index contributed by atoms with van der Waals surface area (Å²) in [6.45, 7) is 4.27. The number of benzene rings is 2. The van der Waals surface area contributed by atoms with Crippen LogP contribution in [0.25, 0.3) is 0 Å². The number of halogens is 1. The fourth-order valence-corrected chi connectivity index (χ4v) is 5.29. The Kier molecular flexibility index (Phi) is 9.49. The molecule has 1 atom stereocenters. The van der Waals surface area contributed by atoms with Gasteiger partial charge in [0.2, 0.25) is 11.8 Å². The van der Waals surface area contributed by atoms with Crippen LogP contribution >= 0.6 is 23.4 Å². The van der Waals surface area contributed by atoms with Gasteiger partial charge in [0.15, 0.2) is 0 Å². The minimum Gasteiger partial charge on any atom is -0.352 e. The Morgan fingerprint density at radius 1 is 1.12 bits per heavy atom. The van der Waals surface area contributed by atoms with Crippen molar-refractivity contribution in [3.05, 3.63) is 70.2 Å². The highest BCUT2D eigenvalue weighted by molar-refractivity contribution is 7.99. The summed E-state index contributed by atoms with van der Waals surface area (Å²) < 4.78 is 0. The van der Waals surface area contributed by atoms with Crippen LogP contribution in [-0.4, -0.2) is 34.6 Å². The van der Waals surface area contributed by atoms with Crippen molar-refractivity contribution in [2.24, 2.45) is 0 Å². The normalized spacial score (nSPS) is 15.2. The van der Waals surface area contributed by atoms with Gasteiger partial charge in [-0.15, -0.1) is 11.8 Å². The van der Waals surface area contributed by atoms with E-state index in [9.17, 15) is 9.59 Å². The molecule has 0 bridgehead atoms. The number of aryl methyl sites for hydroxylation is 1. The molecule has 6 heteroatoms. The number of amides is 2. The predicted octanol–water partition coefficient (Wildman–Crippen LogP) is 5.75. The highest BCUT2D eigenvalue weighted by Crippen LogP contribution is 2.21. The van der Waals surface area contributed by atoms with Crippen LogP contribution in [0.3, 0.4) is 0 Å². The van der Waals surface area contributed by atoms with Gasteiger partial charge >= 0.3 is 0 Å². The first-order valence-corrected chi connectivity index (χ1v) is 12.9. The standard InChI is InChI=1S/C26H33ClN2O2S/c1-19-9-6-7-11-22(19)17-32-18-25(30)29(16-21-10-8-12-23(27)15-21)20(2)26(31)28-24-13-4-3-5-14-24/h6-12,15,20,24H,3-5,13-14,16-18H2,1-2H3,(H,28,31). The number of carbonyl (C=O) groups excluding carboxylic acids is 2. The fourth-order valence-electron chi connectivity index (χ4n) is 4.09. The molecule has 32 heavy (non-hydrogen) atoms. The molecule has 4 nitrogen and oxygen atoms in total. The van der Waals surface area contributed by atoms with Gasteiger partial charge in [-0.25, -0.2) is 0 Å². The van der Waals surface area contributed by atoms with Crippen molar-refractivity contribution in [1.82, 2.24) is 10.2 Å². The maximum absolute atomic E-state index is 13.2. The lowest BCUT2D eigenvalue weighted by Gasteiger charge is -2.31. The molecule has 1 unspecified atom stereocenters. The first-order chi connectivity index (χ1) is 15.4. The third-order valence-corrected chi connectivity index (χ3v) is 7.31. The average molecular weight is 473 g/mol. The summed E-state index contributed by atoms with van der Waals surface area (Å²) in [4.78, 5) is 27.9. The number of hydrogen-bond donors (Lipinski definition) is 1. The molecule has 2 amide bonds. The summed E-state index contributed by atoms with van der Waals surface area (Å²) in [5.74, 6) is 0.994. The maximum Gasteiger partial charge on any atom is 0.242 e. The van der Waals surface area contributed by atoms with Crippen molar-refractivity contribution in [2.45, 2.75) is 70.3 Å². The van der Waals surface area contributed by atoms with Crippen LogP contribution in [-0.2, 0) is 21.9 Å². The molecule has 0 radical (unpaired) electrons. The molecule has 0 saturated heterocycles. The van der Waals surface area contributed by atoms with Gasteiger partial charge in [0.05, 0.1) is 5.75 Å². The van der Waals surface area contributed by atoms with Crippen molar-refractivity contribution >= 4 is 35.2 Å². The molecular weight excluding hydrogens is 440 g/mol. The zero-order valence-corrected chi connectivity index (χ0v) is 20.6. The second-order valence-electron chi connectivity index (χ2n) is 8.59. The number of nitrogens with one attached hydrogen (secondary N) is 1. The van der Waals surface area contributed by atoms with Crippen LogP contribution in [0.5, 0.6) is 0 Å². The Balaban J connectivity index is 1.66. The van der Waals surface area contributed by atoms with Crippen LogP contribution in [0.4, 0.5) is 0 Å². The first-order valence-electron chi connectivity index (χ1n) is 11.4. The zero-order chi connectivity index (χ0) is 22.9. The van der Waals surface area contributed by atoms with Crippen LogP contribution in [0.2, 0.25) is 5.02 Å². The second-order valence-corrected chi connectivity index (χ2v) is 10.0. The molecule has 1 saturated carbocycles. The number of hydrogen-bond acceptors (Lipinski definition) is 3. The van der Waals surface area contributed by atoms with Crippen LogP contribution < -0.4 is 5.32 Å². The van der Waals surface area contributed by atoms with Crippen LogP contribution in [0, 0.1) is 6.92 Å². The molecule has 0 spiro atoms. The molecule has 2 aromatic carbocycles. The van der Waals surface area contributed by atoms with Gasteiger partial charge in [0, 0.05) is 23.4 Å². The summed E-state index contributed by atoms with van der Waals surface area (Å²) >= 11 is 7.74. The monoisotopic (exact) mass is 472 g/mol. The molecule has 1 aliphatic rings. The summed E-state index contributed by atoms with van der Waals surface area (Å²) in [7, 11) is 0. The van der Waals surface area contributed by atoms with E-state index in [0.29, 0.717) is 17.3 Å². The SMILES string of the molecule is Cc1ccccc1CSCC(=O)N(Cc1cccc(Cl)c1)C(C)C(=O)NC1CCCCC1. The van der Waals surface area contributed by atoms with Gasteiger partial charge in [0.1, 0.15) is 6.04 Å². The van der Waals surface area contributed by atoms with Crippen molar-refractivity contribution < 1.29 is 9.59 Å². The van der Waals surface area contributed by atoms with Gasteiger partial charge in [-0.1, -0.05) is 67.3 Å². The lowest BCUT2D eigenvalue weighted by atomic mass is 9.95. The summed E-state index contributed by atoms with van der Waals surface area (Å²) in [5.41, 5.74) is 3.38. The van der Waals surface area contributed by atoms with Crippen molar-refractivity contribution in [2.75, 3.05) is 5.75 Å². The van der Waals surface area contributed by atoms with E-state index in [1.54, 1.807) is 16.7 Å². The number of thioether (sulfide) groups is 1. The predicted molar refractivity (Wildman–Crippen MR) is 134 cm³/mol. The van der Waals surface area contributed by atoms with Gasteiger partial charge in [0.25, 0.3) is 0 Å². The van der Waals surface area contributed by atoms with E-state index < -0.39 is 6.04 Å².